The van der Waals surface area contributed by atoms with Gasteiger partial charge in [0.05, 0.1) is 18.8 Å². The third kappa shape index (κ3) is 3.64. The molecule has 2 fully saturated rings. The molecule has 1 N–H and O–H groups in total. The summed E-state index contributed by atoms with van der Waals surface area (Å²) < 4.78 is 5.45. The van der Waals surface area contributed by atoms with Gasteiger partial charge in [-0.05, 0) is 37.8 Å². The van der Waals surface area contributed by atoms with Crippen molar-refractivity contribution < 1.29 is 14.6 Å². The maximum Gasteiger partial charge on any atom is 0.257 e. The van der Waals surface area contributed by atoms with Crippen molar-refractivity contribution >= 4 is 16.8 Å². The van der Waals surface area contributed by atoms with E-state index in [0.717, 1.165) is 57.6 Å². The molecule has 1 aromatic carbocycles. The fraction of sp³-hybridized carbons (Fsp3) is 0.524. The molecule has 0 saturated carbocycles. The zero-order chi connectivity index (χ0) is 18.8. The van der Waals surface area contributed by atoms with Crippen LogP contribution in [0.2, 0.25) is 0 Å². The molecule has 144 valence electrons. The number of nitrogens with zero attached hydrogens (tertiary/aromatic N) is 3. The average Bonchev–Trinajstić information content (AvgIpc) is 2.74. The largest absolute Gasteiger partial charge is 0.505 e. The van der Waals surface area contributed by atoms with Gasteiger partial charge in [-0.25, -0.2) is 0 Å². The Morgan fingerprint density at radius 1 is 1.19 bits per heavy atom. The third-order valence-corrected chi connectivity index (χ3v) is 6.11. The van der Waals surface area contributed by atoms with Crippen LogP contribution in [0.5, 0.6) is 5.75 Å². The second kappa shape index (κ2) is 7.82. The predicted molar refractivity (Wildman–Crippen MR) is 104 cm³/mol. The van der Waals surface area contributed by atoms with Gasteiger partial charge in [-0.15, -0.1) is 0 Å². The van der Waals surface area contributed by atoms with Crippen LogP contribution in [0.25, 0.3) is 10.9 Å². The summed E-state index contributed by atoms with van der Waals surface area (Å²) >= 11 is 0. The van der Waals surface area contributed by atoms with Gasteiger partial charge in [0.2, 0.25) is 0 Å². The maximum absolute atomic E-state index is 13.0. The van der Waals surface area contributed by atoms with Gasteiger partial charge in [0.15, 0.2) is 5.75 Å². The molecule has 4 rings (SSSR count). The number of phenols is 1. The number of benzene rings is 1. The molecule has 6 heteroatoms. The van der Waals surface area contributed by atoms with Crippen LogP contribution in [0.4, 0.5) is 0 Å². The van der Waals surface area contributed by atoms with Gasteiger partial charge in [0, 0.05) is 43.8 Å². The normalized spacial score (nSPS) is 20.7. The molecular weight excluding hydrogens is 342 g/mol. The minimum Gasteiger partial charge on any atom is -0.505 e. The molecule has 0 radical (unpaired) electrons. The number of ether oxygens (including phenoxy) is 1. The molecule has 1 aromatic heterocycles. The molecule has 0 spiro atoms. The van der Waals surface area contributed by atoms with Crippen molar-refractivity contribution in [1.82, 2.24) is 14.8 Å². The molecule has 0 unspecified atom stereocenters. The van der Waals surface area contributed by atoms with E-state index in [1.807, 2.05) is 23.1 Å². The summed E-state index contributed by atoms with van der Waals surface area (Å²) in [4.78, 5) is 21.5. The number of fused-ring (bicyclic) bond motifs is 1. The molecule has 1 atom stereocenters. The lowest BCUT2D eigenvalue weighted by Crippen LogP contribution is -2.49. The van der Waals surface area contributed by atoms with Crippen molar-refractivity contribution in [2.75, 3.05) is 39.4 Å². The molecule has 6 nitrogen and oxygen atoms in total. The first-order valence-electron chi connectivity index (χ1n) is 9.83. The van der Waals surface area contributed by atoms with Crippen LogP contribution in [-0.4, -0.2) is 71.2 Å². The average molecular weight is 369 g/mol. The Morgan fingerprint density at radius 2 is 1.93 bits per heavy atom. The SMILES string of the molecule is C[C@H](C1CCN(C(=O)c2ccc3cccnc3c2O)CC1)N1CCOCC1. The molecule has 2 aromatic rings. The van der Waals surface area contributed by atoms with Crippen LogP contribution in [0.3, 0.4) is 0 Å². The lowest BCUT2D eigenvalue weighted by molar-refractivity contribution is -0.000963. The van der Waals surface area contributed by atoms with Crippen LogP contribution in [0, 0.1) is 5.92 Å². The molecule has 2 aliphatic heterocycles. The maximum atomic E-state index is 13.0. The third-order valence-electron chi connectivity index (χ3n) is 6.11. The summed E-state index contributed by atoms with van der Waals surface area (Å²) in [6.07, 6.45) is 3.63. The molecule has 2 aliphatic rings. The van der Waals surface area contributed by atoms with Gasteiger partial charge in [-0.1, -0.05) is 12.1 Å². The van der Waals surface area contributed by atoms with E-state index in [9.17, 15) is 9.90 Å². The van der Waals surface area contributed by atoms with Crippen molar-refractivity contribution in [3.8, 4) is 5.75 Å². The number of pyridine rings is 1. The van der Waals surface area contributed by atoms with Crippen molar-refractivity contribution in [3.05, 3.63) is 36.0 Å². The number of amides is 1. The van der Waals surface area contributed by atoms with Crippen molar-refractivity contribution in [3.63, 3.8) is 0 Å². The summed E-state index contributed by atoms with van der Waals surface area (Å²) in [5.74, 6) is 0.485. The number of rotatable bonds is 3. The molecular formula is C21H27N3O3. The minimum atomic E-state index is -0.0995. The molecule has 3 heterocycles. The highest BCUT2D eigenvalue weighted by atomic mass is 16.5. The van der Waals surface area contributed by atoms with E-state index in [1.54, 1.807) is 12.3 Å². The number of morpholine rings is 1. The van der Waals surface area contributed by atoms with E-state index >= 15 is 0 Å². The number of likely N-dealkylation sites (tertiary alicyclic amines) is 1. The number of hydrogen-bond acceptors (Lipinski definition) is 5. The zero-order valence-electron chi connectivity index (χ0n) is 15.8. The number of aromatic nitrogens is 1. The number of hydrogen-bond donors (Lipinski definition) is 1. The van der Waals surface area contributed by atoms with Crippen LogP contribution in [0.1, 0.15) is 30.1 Å². The van der Waals surface area contributed by atoms with E-state index in [0.29, 0.717) is 23.0 Å². The lowest BCUT2D eigenvalue weighted by atomic mass is 9.89. The molecule has 27 heavy (non-hydrogen) atoms. The number of piperidine rings is 1. The highest BCUT2D eigenvalue weighted by Gasteiger charge is 2.31. The van der Waals surface area contributed by atoms with Crippen LogP contribution in [-0.2, 0) is 4.74 Å². The van der Waals surface area contributed by atoms with E-state index in [-0.39, 0.29) is 11.7 Å². The van der Waals surface area contributed by atoms with Crippen LogP contribution < -0.4 is 0 Å². The van der Waals surface area contributed by atoms with Crippen molar-refractivity contribution in [1.29, 1.82) is 0 Å². The van der Waals surface area contributed by atoms with Crippen molar-refractivity contribution in [2.24, 2.45) is 5.92 Å². The zero-order valence-corrected chi connectivity index (χ0v) is 15.8. The summed E-state index contributed by atoms with van der Waals surface area (Å²) in [5.41, 5.74) is 0.833. The Kier molecular flexibility index (Phi) is 5.27. The Labute approximate surface area is 159 Å². The Bertz CT molecular complexity index is 811. The standard InChI is InChI=1S/C21H27N3O3/c1-15(23-11-13-27-14-12-23)16-6-9-24(10-7-16)21(26)18-5-4-17-3-2-8-22-19(17)20(18)25/h2-5,8,15-16,25H,6-7,9-14H2,1H3/t15-/m1/s1. The smallest absolute Gasteiger partial charge is 0.257 e. The second-order valence-electron chi connectivity index (χ2n) is 7.56. The Morgan fingerprint density at radius 3 is 2.67 bits per heavy atom. The molecule has 0 bridgehead atoms. The fourth-order valence-electron chi connectivity index (χ4n) is 4.34. The highest BCUT2D eigenvalue weighted by Crippen LogP contribution is 2.30. The monoisotopic (exact) mass is 369 g/mol. The first kappa shape index (κ1) is 18.2. The highest BCUT2D eigenvalue weighted by molar-refractivity contribution is 6.02. The molecule has 0 aliphatic carbocycles. The van der Waals surface area contributed by atoms with Crippen LogP contribution in [0.15, 0.2) is 30.5 Å². The van der Waals surface area contributed by atoms with E-state index in [2.05, 4.69) is 16.8 Å². The predicted octanol–water partition coefficient (Wildman–Crippen LogP) is 2.51. The lowest BCUT2D eigenvalue weighted by Gasteiger charge is -2.41. The van der Waals surface area contributed by atoms with E-state index in [1.165, 1.54) is 0 Å². The number of carbonyl (C=O) groups is 1. The number of phenolic OH excluding ortho intramolecular Hbond substituents is 1. The summed E-state index contributed by atoms with van der Waals surface area (Å²) in [5, 5.41) is 11.4. The number of carbonyl (C=O) groups excluding carboxylic acids is 1. The van der Waals surface area contributed by atoms with E-state index in [4.69, 9.17) is 4.74 Å². The fourth-order valence-corrected chi connectivity index (χ4v) is 4.34. The first-order valence-corrected chi connectivity index (χ1v) is 9.83. The van der Waals surface area contributed by atoms with Crippen LogP contribution >= 0.6 is 0 Å². The second-order valence-corrected chi connectivity index (χ2v) is 7.56. The van der Waals surface area contributed by atoms with E-state index < -0.39 is 0 Å². The minimum absolute atomic E-state index is 0.0121. The summed E-state index contributed by atoms with van der Waals surface area (Å²) in [6, 6.07) is 7.79. The van der Waals surface area contributed by atoms with Gasteiger partial charge in [0.25, 0.3) is 5.91 Å². The topological polar surface area (TPSA) is 65.9 Å². The summed E-state index contributed by atoms with van der Waals surface area (Å²) in [7, 11) is 0. The molecule has 1 amide bonds. The van der Waals surface area contributed by atoms with Gasteiger partial charge >= 0.3 is 0 Å². The van der Waals surface area contributed by atoms with Gasteiger partial charge in [0.1, 0.15) is 5.52 Å². The summed E-state index contributed by atoms with van der Waals surface area (Å²) in [6.45, 7) is 7.40. The number of aromatic hydroxyl groups is 1. The van der Waals surface area contributed by atoms with Gasteiger partial charge in [-0.2, -0.15) is 0 Å². The van der Waals surface area contributed by atoms with Gasteiger partial charge in [-0.3, -0.25) is 14.7 Å². The van der Waals surface area contributed by atoms with Crippen molar-refractivity contribution in [2.45, 2.75) is 25.8 Å². The Hall–Kier alpha value is -2.18. The molecule has 2 saturated heterocycles. The quantitative estimate of drug-likeness (QED) is 0.901. The van der Waals surface area contributed by atoms with Gasteiger partial charge < -0.3 is 14.7 Å². The Balaban J connectivity index is 1.42. The first-order chi connectivity index (χ1) is 13.1.